The van der Waals surface area contributed by atoms with Crippen molar-refractivity contribution >= 4 is 5.78 Å². The van der Waals surface area contributed by atoms with Crippen molar-refractivity contribution in [1.82, 2.24) is 4.90 Å². The van der Waals surface area contributed by atoms with Crippen LogP contribution >= 0.6 is 0 Å². The molecule has 1 saturated heterocycles. The van der Waals surface area contributed by atoms with E-state index in [1.165, 1.54) is 16.7 Å². The number of aliphatic hydroxyl groups is 1. The first kappa shape index (κ1) is 17.5. The summed E-state index contributed by atoms with van der Waals surface area (Å²) in [5, 5.41) is 12.6. The number of piperidine rings is 1. The Hall–Kier alpha value is -2.17. The third-order valence-corrected chi connectivity index (χ3v) is 9.24. The van der Waals surface area contributed by atoms with E-state index in [1.54, 1.807) is 0 Å². The molecule has 1 saturated carbocycles. The molecule has 3 aliphatic carbocycles. The zero-order valence-electron chi connectivity index (χ0n) is 17.6. The van der Waals surface area contributed by atoms with Crippen LogP contribution < -0.4 is 4.74 Å². The zero-order chi connectivity index (χ0) is 20.5. The minimum atomic E-state index is -0.952. The molecule has 0 amide bonds. The van der Waals surface area contributed by atoms with Gasteiger partial charge in [-0.1, -0.05) is 36.4 Å². The highest BCUT2D eigenvalue weighted by Gasteiger charge is 2.77. The van der Waals surface area contributed by atoms with Crippen LogP contribution in [0.25, 0.3) is 0 Å². The van der Waals surface area contributed by atoms with Gasteiger partial charge < -0.3 is 14.7 Å². The third-order valence-electron chi connectivity index (χ3n) is 9.24. The molecule has 4 heteroatoms. The Morgan fingerprint density at radius 1 is 1.10 bits per heavy atom. The van der Waals surface area contributed by atoms with E-state index < -0.39 is 22.5 Å². The lowest BCUT2D eigenvalue weighted by Crippen LogP contribution is -2.79. The second-order valence-corrected chi connectivity index (χ2v) is 10.5. The maximum atomic E-state index is 14.2. The molecule has 0 aromatic heterocycles. The van der Waals surface area contributed by atoms with E-state index in [-0.39, 0.29) is 11.8 Å². The average molecular weight is 402 g/mol. The van der Waals surface area contributed by atoms with Gasteiger partial charge in [0.05, 0.1) is 11.0 Å². The van der Waals surface area contributed by atoms with Gasteiger partial charge in [-0.3, -0.25) is 4.79 Å². The van der Waals surface area contributed by atoms with Gasteiger partial charge in [0.1, 0.15) is 5.75 Å². The van der Waals surface area contributed by atoms with Crippen LogP contribution in [0.1, 0.15) is 40.7 Å². The number of hydrogen-bond acceptors (Lipinski definition) is 4. The van der Waals surface area contributed by atoms with E-state index in [1.807, 2.05) is 0 Å². The molecule has 30 heavy (non-hydrogen) atoms. The molecule has 2 aromatic carbocycles. The van der Waals surface area contributed by atoms with E-state index >= 15 is 0 Å². The first-order chi connectivity index (χ1) is 14.4. The van der Waals surface area contributed by atoms with Crippen LogP contribution in [0.3, 0.4) is 0 Å². The van der Waals surface area contributed by atoms with Crippen molar-refractivity contribution in [3.05, 3.63) is 64.2 Å². The summed E-state index contributed by atoms with van der Waals surface area (Å²) in [6.07, 6.45) is 3.01. The number of rotatable bonds is 0. The molecule has 4 atom stereocenters. The number of likely N-dealkylation sites (tertiary alicyclic amines) is 1. The van der Waals surface area contributed by atoms with Gasteiger partial charge in [0.15, 0.2) is 11.9 Å². The van der Waals surface area contributed by atoms with E-state index in [2.05, 4.69) is 55.3 Å². The lowest BCUT2D eigenvalue weighted by molar-refractivity contribution is -0.206. The van der Waals surface area contributed by atoms with Crippen molar-refractivity contribution in [3.8, 4) is 5.75 Å². The fraction of sp³-hybridized carbons (Fsp3) is 0.500. The maximum Gasteiger partial charge on any atom is 0.181 e. The van der Waals surface area contributed by atoms with E-state index in [9.17, 15) is 9.90 Å². The number of carbonyl (C=O) groups is 1. The van der Waals surface area contributed by atoms with Gasteiger partial charge in [-0.25, -0.2) is 0 Å². The van der Waals surface area contributed by atoms with Gasteiger partial charge in [0.2, 0.25) is 0 Å². The Morgan fingerprint density at radius 2 is 1.83 bits per heavy atom. The van der Waals surface area contributed by atoms with Crippen LogP contribution in [0.4, 0.5) is 0 Å². The summed E-state index contributed by atoms with van der Waals surface area (Å²) in [7, 11) is 2.13. The lowest BCUT2D eigenvalue weighted by Gasteiger charge is -2.64. The number of aryl methyl sites for hydroxylation is 1. The number of carbonyl (C=O) groups excluding carboxylic acids is 1. The molecule has 2 heterocycles. The number of hydrogen-bond donors (Lipinski definition) is 1. The van der Waals surface area contributed by atoms with Crippen LogP contribution in [0.15, 0.2) is 36.4 Å². The number of Topliss-reactive ketones (excluding diaryl/α,β-unsaturated/α-hetero) is 1. The number of likely N-dealkylation sites (N-methyl/N-ethyl adjacent to an activating group) is 1. The van der Waals surface area contributed by atoms with Crippen molar-refractivity contribution in [2.45, 2.75) is 62.2 Å². The molecule has 5 aliphatic rings. The van der Waals surface area contributed by atoms with E-state index in [4.69, 9.17) is 4.74 Å². The SMILES string of the molecule is Cc1ccc2c3c1OC1C(=O)C4(Cc5ccccc5C4)C[C@@]4(O)[C@@H](C2)N(C)CC[C@]314. The monoisotopic (exact) mass is 401 g/mol. The smallest absolute Gasteiger partial charge is 0.181 e. The van der Waals surface area contributed by atoms with Crippen molar-refractivity contribution in [3.63, 3.8) is 0 Å². The largest absolute Gasteiger partial charge is 0.481 e. The normalized spacial score (nSPS) is 37.1. The second-order valence-electron chi connectivity index (χ2n) is 10.5. The van der Waals surface area contributed by atoms with Gasteiger partial charge in [-0.15, -0.1) is 0 Å². The van der Waals surface area contributed by atoms with Crippen LogP contribution in [0, 0.1) is 12.3 Å². The Labute approximate surface area is 176 Å². The Morgan fingerprint density at radius 3 is 2.57 bits per heavy atom. The van der Waals surface area contributed by atoms with Crippen LogP contribution in [-0.4, -0.2) is 47.1 Å². The van der Waals surface area contributed by atoms with Crippen LogP contribution in [-0.2, 0) is 29.5 Å². The van der Waals surface area contributed by atoms with Gasteiger partial charge in [-0.2, -0.15) is 0 Å². The second kappa shape index (κ2) is 5.17. The lowest BCUT2D eigenvalue weighted by atomic mass is 9.44. The average Bonchev–Trinajstić information content (AvgIpc) is 3.26. The number of ketones is 1. The Kier molecular flexibility index (Phi) is 3.02. The summed E-state index contributed by atoms with van der Waals surface area (Å²) in [4.78, 5) is 16.6. The molecule has 0 radical (unpaired) electrons. The van der Waals surface area contributed by atoms with Crippen LogP contribution in [0.2, 0.25) is 0 Å². The van der Waals surface area contributed by atoms with Gasteiger partial charge >= 0.3 is 0 Å². The predicted molar refractivity (Wildman–Crippen MR) is 113 cm³/mol. The van der Waals surface area contributed by atoms with Crippen molar-refractivity contribution in [2.75, 3.05) is 13.6 Å². The maximum absolute atomic E-state index is 14.2. The number of nitrogens with zero attached hydrogens (tertiary/aromatic N) is 1. The van der Waals surface area contributed by atoms with Gasteiger partial charge in [-0.05, 0) is 74.9 Å². The minimum Gasteiger partial charge on any atom is -0.481 e. The molecule has 2 spiro atoms. The number of ether oxygens (including phenoxy) is 1. The standard InChI is InChI=1S/C26H27NO3/c1-15-7-8-16-11-19-26(29)14-24(12-17-5-3-4-6-18(17)13-24)22(28)23-25(26,9-10-27(19)2)20(16)21(15)30-23/h3-8,19,23,29H,9-14H2,1-2H3/t19-,23?,25+,26-/m1/s1. The molecule has 4 nitrogen and oxygen atoms in total. The Bertz CT molecular complexity index is 1110. The molecular weight excluding hydrogens is 374 g/mol. The molecule has 2 fully saturated rings. The summed E-state index contributed by atoms with van der Waals surface area (Å²) < 4.78 is 6.58. The van der Waals surface area contributed by atoms with Crippen LogP contribution in [0.5, 0.6) is 5.75 Å². The topological polar surface area (TPSA) is 49.8 Å². The third kappa shape index (κ3) is 1.70. The Balaban J connectivity index is 1.48. The highest BCUT2D eigenvalue weighted by molar-refractivity contribution is 5.95. The van der Waals surface area contributed by atoms with Gasteiger partial charge in [0, 0.05) is 17.0 Å². The fourth-order valence-corrected chi connectivity index (χ4v) is 7.93. The van der Waals surface area contributed by atoms with Gasteiger partial charge in [0.25, 0.3) is 0 Å². The zero-order valence-corrected chi connectivity index (χ0v) is 17.6. The highest BCUT2D eigenvalue weighted by Crippen LogP contribution is 2.67. The fourth-order valence-electron chi connectivity index (χ4n) is 7.93. The summed E-state index contributed by atoms with van der Waals surface area (Å²) in [5.41, 5.74) is 3.89. The van der Waals surface area contributed by atoms with Crippen molar-refractivity contribution < 1.29 is 14.6 Å². The molecule has 7 rings (SSSR count). The molecule has 1 unspecified atom stereocenters. The number of benzene rings is 2. The van der Waals surface area contributed by atoms with E-state index in [0.29, 0.717) is 6.42 Å². The summed E-state index contributed by atoms with van der Waals surface area (Å²) >= 11 is 0. The quantitative estimate of drug-likeness (QED) is 0.738. The highest BCUT2D eigenvalue weighted by atomic mass is 16.5. The molecule has 2 aromatic rings. The molecule has 1 N–H and O–H groups in total. The first-order valence-electron chi connectivity index (χ1n) is 11.2. The predicted octanol–water partition coefficient (Wildman–Crippen LogP) is 2.74. The summed E-state index contributed by atoms with van der Waals surface area (Å²) in [5.74, 6) is 1.09. The first-order valence-corrected chi connectivity index (χ1v) is 11.2. The molecule has 2 aliphatic heterocycles. The molecule has 2 bridgehead atoms. The minimum absolute atomic E-state index is 0.0205. The van der Waals surface area contributed by atoms with Crippen molar-refractivity contribution in [2.24, 2.45) is 5.41 Å². The van der Waals surface area contributed by atoms with Crippen molar-refractivity contribution in [1.29, 1.82) is 0 Å². The summed E-state index contributed by atoms with van der Waals surface area (Å²) in [6, 6.07) is 12.7. The van der Waals surface area contributed by atoms with E-state index in [0.717, 1.165) is 49.1 Å². The summed E-state index contributed by atoms with van der Waals surface area (Å²) in [6.45, 7) is 2.95. The number of fused-ring (bicyclic) bond motifs is 1. The molecule has 154 valence electrons. The molecular formula is C26H27NO3.